The highest BCUT2D eigenvalue weighted by Crippen LogP contribution is 2.16. The van der Waals surface area contributed by atoms with E-state index in [9.17, 15) is 18.0 Å². The van der Waals surface area contributed by atoms with Crippen LogP contribution in [0, 0.1) is 5.92 Å². The number of carboxylic acids is 2. The van der Waals surface area contributed by atoms with Gasteiger partial charge in [-0.3, -0.25) is 4.79 Å². The highest BCUT2D eigenvalue weighted by atomic mass is 19.4. The fourth-order valence-electron chi connectivity index (χ4n) is 2.14. The zero-order valence-corrected chi connectivity index (χ0v) is 12.9. The Bertz CT molecular complexity index is 413. The van der Waals surface area contributed by atoms with Crippen LogP contribution in [0.5, 0.6) is 0 Å². The first-order valence-corrected chi connectivity index (χ1v) is 7.23. The van der Waals surface area contributed by atoms with E-state index >= 15 is 0 Å². The molecule has 23 heavy (non-hydrogen) atoms. The van der Waals surface area contributed by atoms with Crippen LogP contribution >= 0.6 is 0 Å². The molecule has 1 rings (SSSR count). The molecule has 0 saturated carbocycles. The number of rotatable bonds is 5. The summed E-state index contributed by atoms with van der Waals surface area (Å²) in [7, 11) is 0. The second-order valence-corrected chi connectivity index (χ2v) is 5.26. The Kier molecular flexibility index (Phi) is 9.50. The molecule has 1 saturated heterocycles. The lowest BCUT2D eigenvalue weighted by Crippen LogP contribution is -2.49. The van der Waals surface area contributed by atoms with Crippen LogP contribution in [0.4, 0.5) is 13.2 Å². The molecule has 4 N–H and O–H groups in total. The van der Waals surface area contributed by atoms with Gasteiger partial charge in [0.15, 0.2) is 0 Å². The van der Waals surface area contributed by atoms with Crippen LogP contribution in [-0.4, -0.2) is 58.9 Å². The Labute approximate surface area is 132 Å². The van der Waals surface area contributed by atoms with Crippen LogP contribution in [0.3, 0.4) is 0 Å². The van der Waals surface area contributed by atoms with Crippen molar-refractivity contribution in [3.8, 4) is 0 Å². The molecule has 9 heteroatoms. The van der Waals surface area contributed by atoms with Gasteiger partial charge in [-0.05, 0) is 19.3 Å². The molecule has 1 heterocycles. The van der Waals surface area contributed by atoms with E-state index in [1.165, 1.54) is 0 Å². The minimum atomic E-state index is -5.08. The molecule has 0 amide bonds. The van der Waals surface area contributed by atoms with E-state index in [-0.39, 0.29) is 12.0 Å². The summed E-state index contributed by atoms with van der Waals surface area (Å²) in [6.45, 7) is 4.48. The summed E-state index contributed by atoms with van der Waals surface area (Å²) in [5.41, 5.74) is 5.86. The maximum atomic E-state index is 10.9. The zero-order valence-electron chi connectivity index (χ0n) is 12.9. The quantitative estimate of drug-likeness (QED) is 0.658. The van der Waals surface area contributed by atoms with Gasteiger partial charge in [0.1, 0.15) is 0 Å². The van der Waals surface area contributed by atoms with E-state index in [0.717, 1.165) is 25.9 Å². The van der Waals surface area contributed by atoms with E-state index in [2.05, 4.69) is 24.0 Å². The number of carboxylic acid groups (broad SMARTS) is 2. The van der Waals surface area contributed by atoms with Crippen molar-refractivity contribution in [2.24, 2.45) is 11.7 Å². The number of likely N-dealkylation sites (tertiary alicyclic amines) is 1. The molecule has 0 aliphatic carbocycles. The zero-order chi connectivity index (χ0) is 18.0. The molecule has 0 aromatic rings. The van der Waals surface area contributed by atoms with Gasteiger partial charge in [-0.15, -0.1) is 0 Å². The van der Waals surface area contributed by atoms with Gasteiger partial charge >= 0.3 is 18.1 Å². The number of hydrogen-bond acceptors (Lipinski definition) is 4. The number of carbonyl (C=O) groups is 2. The molecule has 1 aliphatic rings. The molecule has 0 aromatic carbocycles. The lowest BCUT2D eigenvalue weighted by Gasteiger charge is -2.34. The molecule has 6 nitrogen and oxygen atoms in total. The number of nitrogens with zero attached hydrogens (tertiary/aromatic N) is 1. The number of piperidine rings is 1. The molecule has 0 spiro atoms. The smallest absolute Gasteiger partial charge is 0.481 e. The van der Waals surface area contributed by atoms with Gasteiger partial charge < -0.3 is 20.8 Å². The fourth-order valence-corrected chi connectivity index (χ4v) is 2.14. The van der Waals surface area contributed by atoms with E-state index < -0.39 is 18.1 Å². The van der Waals surface area contributed by atoms with Crippen molar-refractivity contribution in [3.05, 3.63) is 12.2 Å². The first-order chi connectivity index (χ1) is 10.6. The van der Waals surface area contributed by atoms with Crippen molar-refractivity contribution in [2.45, 2.75) is 38.4 Å². The van der Waals surface area contributed by atoms with Crippen molar-refractivity contribution in [1.82, 2.24) is 4.90 Å². The number of aliphatic carboxylic acids is 2. The van der Waals surface area contributed by atoms with Gasteiger partial charge in [0.25, 0.3) is 0 Å². The SMILES string of the molecule is CC/C=C/CCN1CC(N)CC(C(=O)O)C1.O=C(O)C(F)(F)F. The predicted octanol–water partition coefficient (Wildman–Crippen LogP) is 1.71. The van der Waals surface area contributed by atoms with Gasteiger partial charge in [0.05, 0.1) is 5.92 Å². The van der Waals surface area contributed by atoms with Crippen LogP contribution in [0.2, 0.25) is 0 Å². The molecule has 0 radical (unpaired) electrons. The van der Waals surface area contributed by atoms with Crippen molar-refractivity contribution in [2.75, 3.05) is 19.6 Å². The lowest BCUT2D eigenvalue weighted by atomic mass is 9.95. The highest BCUT2D eigenvalue weighted by molar-refractivity contribution is 5.73. The minimum absolute atomic E-state index is 0.00463. The molecule has 1 fully saturated rings. The number of allylic oxidation sites excluding steroid dienone is 1. The van der Waals surface area contributed by atoms with Crippen molar-refractivity contribution in [1.29, 1.82) is 0 Å². The summed E-state index contributed by atoms with van der Waals surface area (Å²) in [5, 5.41) is 16.1. The van der Waals surface area contributed by atoms with E-state index in [0.29, 0.717) is 13.0 Å². The Balaban J connectivity index is 0.000000585. The Morgan fingerprint density at radius 2 is 1.83 bits per heavy atom. The summed E-state index contributed by atoms with van der Waals surface area (Å²) in [6.07, 6.45) is 1.84. The average molecular weight is 340 g/mol. The van der Waals surface area contributed by atoms with Crippen LogP contribution in [-0.2, 0) is 9.59 Å². The molecule has 0 bridgehead atoms. The summed E-state index contributed by atoms with van der Waals surface area (Å²) >= 11 is 0. The van der Waals surface area contributed by atoms with Crippen molar-refractivity contribution >= 4 is 11.9 Å². The topological polar surface area (TPSA) is 104 Å². The summed E-state index contributed by atoms with van der Waals surface area (Å²) < 4.78 is 31.7. The fraction of sp³-hybridized carbons (Fsp3) is 0.714. The summed E-state index contributed by atoms with van der Waals surface area (Å²) in [5.74, 6) is -3.77. The van der Waals surface area contributed by atoms with Crippen LogP contribution < -0.4 is 5.73 Å². The molecule has 1 aliphatic heterocycles. The van der Waals surface area contributed by atoms with E-state index in [4.69, 9.17) is 20.7 Å². The third kappa shape index (κ3) is 9.90. The van der Waals surface area contributed by atoms with Crippen LogP contribution in [0.15, 0.2) is 12.2 Å². The summed E-state index contributed by atoms with van der Waals surface area (Å²) in [6, 6.07) is 0.00463. The van der Waals surface area contributed by atoms with Gasteiger partial charge in [-0.1, -0.05) is 19.1 Å². The molecular formula is C14H23F3N2O4. The monoisotopic (exact) mass is 340 g/mol. The first-order valence-electron chi connectivity index (χ1n) is 7.23. The average Bonchev–Trinajstić information content (AvgIpc) is 2.42. The van der Waals surface area contributed by atoms with Crippen LogP contribution in [0.1, 0.15) is 26.2 Å². The van der Waals surface area contributed by atoms with Crippen molar-refractivity contribution < 1.29 is 33.0 Å². The van der Waals surface area contributed by atoms with Gasteiger partial charge in [0.2, 0.25) is 0 Å². The Hall–Kier alpha value is -1.61. The molecule has 2 atom stereocenters. The standard InChI is InChI=1S/C12H22N2O2.C2HF3O2/c1-2-3-4-5-6-14-8-10(12(15)16)7-11(13)9-14;3-2(4,5)1(6)7/h3-4,10-11H,2,5-9,13H2,1H3,(H,15,16);(H,6,7)/b4-3+;. The maximum absolute atomic E-state index is 10.9. The van der Waals surface area contributed by atoms with Gasteiger partial charge in [-0.25, -0.2) is 4.79 Å². The second-order valence-electron chi connectivity index (χ2n) is 5.26. The second kappa shape index (κ2) is 10.2. The highest BCUT2D eigenvalue weighted by Gasteiger charge is 2.38. The van der Waals surface area contributed by atoms with E-state index in [1.54, 1.807) is 0 Å². The number of alkyl halides is 3. The normalized spacial score (nSPS) is 22.5. The molecule has 0 aromatic heterocycles. The Morgan fingerprint density at radius 1 is 1.26 bits per heavy atom. The van der Waals surface area contributed by atoms with Crippen molar-refractivity contribution in [3.63, 3.8) is 0 Å². The number of hydrogen-bond donors (Lipinski definition) is 3. The van der Waals surface area contributed by atoms with E-state index in [1.807, 2.05) is 0 Å². The maximum Gasteiger partial charge on any atom is 0.490 e. The first kappa shape index (κ1) is 21.4. The third-order valence-electron chi connectivity index (χ3n) is 3.16. The minimum Gasteiger partial charge on any atom is -0.481 e. The Morgan fingerprint density at radius 3 is 2.26 bits per heavy atom. The third-order valence-corrected chi connectivity index (χ3v) is 3.16. The van der Waals surface area contributed by atoms with Crippen LogP contribution in [0.25, 0.3) is 0 Å². The van der Waals surface area contributed by atoms with Gasteiger partial charge in [-0.2, -0.15) is 13.2 Å². The predicted molar refractivity (Wildman–Crippen MR) is 77.9 cm³/mol. The largest absolute Gasteiger partial charge is 0.490 e. The number of halogens is 3. The summed E-state index contributed by atoms with van der Waals surface area (Å²) in [4.78, 5) is 22.0. The number of nitrogens with two attached hydrogens (primary N) is 1. The molecule has 2 unspecified atom stereocenters. The van der Waals surface area contributed by atoms with Gasteiger partial charge in [0, 0.05) is 25.7 Å². The molecular weight excluding hydrogens is 317 g/mol. The molecule has 134 valence electrons. The lowest BCUT2D eigenvalue weighted by molar-refractivity contribution is -0.192.